The molecule has 3 aromatic carbocycles. The first-order valence-corrected chi connectivity index (χ1v) is 14.1. The van der Waals surface area contributed by atoms with Crippen molar-refractivity contribution in [2.45, 2.75) is 59.5 Å². The molecule has 40 heavy (non-hydrogen) atoms. The summed E-state index contributed by atoms with van der Waals surface area (Å²) in [4.78, 5) is 15.5. The molecule has 0 saturated heterocycles. The summed E-state index contributed by atoms with van der Waals surface area (Å²) in [6.45, 7) is 8.27. The van der Waals surface area contributed by atoms with Crippen LogP contribution >= 0.6 is 23.2 Å². The Morgan fingerprint density at radius 1 is 1.02 bits per heavy atom. The molecule has 1 atom stereocenters. The number of carbonyl (C=O) groups is 1. The van der Waals surface area contributed by atoms with Crippen LogP contribution in [0.25, 0.3) is 0 Å². The Balaban J connectivity index is 1.63. The zero-order chi connectivity index (χ0) is 28.7. The van der Waals surface area contributed by atoms with Crippen molar-refractivity contribution in [1.82, 2.24) is 0 Å². The zero-order valence-electron chi connectivity index (χ0n) is 23.1. The molecular weight excluding hydrogens is 541 g/mol. The van der Waals surface area contributed by atoms with Crippen LogP contribution in [0.4, 0.5) is 5.69 Å². The van der Waals surface area contributed by atoms with E-state index in [1.165, 1.54) is 0 Å². The van der Waals surface area contributed by atoms with Crippen LogP contribution in [-0.2, 0) is 11.4 Å². The number of carbonyl (C=O) groups excluding carboxylic acids is 1. The first kappa shape index (κ1) is 27.8. The molecule has 2 aliphatic rings. The molecule has 1 aliphatic carbocycles. The van der Waals surface area contributed by atoms with E-state index in [1.807, 2.05) is 69.0 Å². The van der Waals surface area contributed by atoms with Gasteiger partial charge < -0.3 is 10.5 Å². The Morgan fingerprint density at radius 2 is 1.80 bits per heavy atom. The van der Waals surface area contributed by atoms with Crippen LogP contribution in [0, 0.1) is 39.0 Å². The number of benzene rings is 3. The lowest BCUT2D eigenvalue weighted by atomic mass is 9.73. The topological polar surface area (TPSA) is 79.3 Å². The van der Waals surface area contributed by atoms with Gasteiger partial charge in [-0.25, -0.2) is 0 Å². The molecule has 0 fully saturated rings. The zero-order valence-corrected chi connectivity index (χ0v) is 24.6. The van der Waals surface area contributed by atoms with Crippen LogP contribution in [0.1, 0.15) is 58.6 Å². The van der Waals surface area contributed by atoms with Gasteiger partial charge in [0.15, 0.2) is 5.78 Å². The summed E-state index contributed by atoms with van der Waals surface area (Å²) in [5.41, 5.74) is 15.1. The molecule has 5 rings (SSSR count). The molecule has 0 aromatic heterocycles. The van der Waals surface area contributed by atoms with E-state index < -0.39 is 5.92 Å². The summed E-state index contributed by atoms with van der Waals surface area (Å²) in [6.07, 6.45) is 1.84. The quantitative estimate of drug-likeness (QED) is 0.334. The van der Waals surface area contributed by atoms with E-state index in [0.717, 1.165) is 56.9 Å². The number of Topliss-reactive ketones (excluding diaryl/α,β-unsaturated/α-hetero) is 1. The number of aryl methyl sites for hydroxylation is 3. The average molecular weight is 573 g/mol. The maximum absolute atomic E-state index is 13.6. The largest absolute Gasteiger partial charge is 0.489 e. The number of anilines is 1. The van der Waals surface area contributed by atoms with E-state index in [2.05, 4.69) is 18.2 Å². The summed E-state index contributed by atoms with van der Waals surface area (Å²) in [6, 6.07) is 17.8. The first-order chi connectivity index (χ1) is 19.1. The molecule has 1 aliphatic heterocycles. The van der Waals surface area contributed by atoms with Crippen LogP contribution in [0.5, 0.6) is 5.75 Å². The smallest absolute Gasteiger partial charge is 0.161 e. The minimum Gasteiger partial charge on any atom is -0.489 e. The highest BCUT2D eigenvalue weighted by Crippen LogP contribution is 2.47. The van der Waals surface area contributed by atoms with E-state index in [-0.39, 0.29) is 5.78 Å². The summed E-state index contributed by atoms with van der Waals surface area (Å²) in [5, 5.41) is 11.7. The van der Waals surface area contributed by atoms with E-state index in [9.17, 15) is 10.1 Å². The highest BCUT2D eigenvalue weighted by Gasteiger charge is 2.41. The Morgan fingerprint density at radius 3 is 2.50 bits per heavy atom. The van der Waals surface area contributed by atoms with E-state index >= 15 is 0 Å². The number of rotatable bonds is 5. The van der Waals surface area contributed by atoms with Gasteiger partial charge in [0.1, 0.15) is 18.2 Å². The molecule has 5 nitrogen and oxygen atoms in total. The molecule has 1 heterocycles. The fourth-order valence-corrected chi connectivity index (χ4v) is 6.16. The van der Waals surface area contributed by atoms with Crippen molar-refractivity contribution in [2.24, 2.45) is 5.73 Å². The molecule has 1 unspecified atom stereocenters. The van der Waals surface area contributed by atoms with Crippen molar-refractivity contribution in [2.75, 3.05) is 4.90 Å². The number of nitrogens with two attached hydrogens (primary N) is 1. The van der Waals surface area contributed by atoms with Crippen LogP contribution in [-0.4, -0.2) is 5.78 Å². The Labute approximate surface area is 245 Å². The van der Waals surface area contributed by atoms with Gasteiger partial charge >= 0.3 is 0 Å². The number of halogens is 2. The Bertz CT molecular complexity index is 1650. The third-order valence-electron chi connectivity index (χ3n) is 7.86. The van der Waals surface area contributed by atoms with Crippen molar-refractivity contribution < 1.29 is 9.53 Å². The highest BCUT2D eigenvalue weighted by atomic mass is 35.5. The molecule has 0 spiro atoms. The normalized spacial score (nSPS) is 17.2. The predicted molar refractivity (Wildman–Crippen MR) is 161 cm³/mol. The molecule has 2 N–H and O–H groups in total. The second-order valence-electron chi connectivity index (χ2n) is 10.6. The molecule has 0 bridgehead atoms. The molecule has 0 radical (unpaired) electrons. The standard InChI is InChI=1S/C33H31Cl2N3O2/c1-18-12-22(17-40-30-11-9-23(34)14-20(30)3)21(4)25(13-18)31-26(16-36)33(37)38(24-10-8-19(2)27(35)15-24)28-6-5-7-29(39)32(28)31/h8-15,31H,5-7,17,37H2,1-4H3. The maximum atomic E-state index is 13.6. The predicted octanol–water partition coefficient (Wildman–Crippen LogP) is 8.11. The van der Waals surface area contributed by atoms with Gasteiger partial charge in [0.05, 0.1) is 17.6 Å². The third-order valence-corrected chi connectivity index (χ3v) is 8.50. The number of nitriles is 1. The Hall–Kier alpha value is -3.72. The van der Waals surface area contributed by atoms with Crippen LogP contribution < -0.4 is 15.4 Å². The number of ether oxygens (including phenoxy) is 1. The first-order valence-electron chi connectivity index (χ1n) is 13.3. The lowest BCUT2D eigenvalue weighted by molar-refractivity contribution is -0.116. The fourth-order valence-electron chi connectivity index (χ4n) is 5.76. The molecule has 3 aromatic rings. The fraction of sp³-hybridized carbons (Fsp3) is 0.273. The minimum atomic E-state index is -0.555. The molecule has 204 valence electrons. The van der Waals surface area contributed by atoms with Gasteiger partial charge in [0.2, 0.25) is 0 Å². The van der Waals surface area contributed by atoms with Gasteiger partial charge in [-0.1, -0.05) is 47.0 Å². The lowest BCUT2D eigenvalue weighted by Crippen LogP contribution is -2.39. The monoisotopic (exact) mass is 571 g/mol. The second-order valence-corrected chi connectivity index (χ2v) is 11.4. The van der Waals surface area contributed by atoms with E-state index in [4.69, 9.17) is 33.7 Å². The molecular formula is C33H31Cl2N3O2. The minimum absolute atomic E-state index is 0.0465. The van der Waals surface area contributed by atoms with Crippen molar-refractivity contribution in [3.8, 4) is 11.8 Å². The molecule has 0 saturated carbocycles. The number of hydrogen-bond donors (Lipinski definition) is 1. The molecule has 0 amide bonds. The van der Waals surface area contributed by atoms with Gasteiger partial charge in [-0.15, -0.1) is 0 Å². The van der Waals surface area contributed by atoms with Gasteiger partial charge in [0, 0.05) is 33.4 Å². The number of hydrogen-bond acceptors (Lipinski definition) is 5. The van der Waals surface area contributed by atoms with E-state index in [1.54, 1.807) is 0 Å². The number of ketones is 1. The Kier molecular flexibility index (Phi) is 7.68. The summed E-state index contributed by atoms with van der Waals surface area (Å²) < 4.78 is 6.19. The molecule has 7 heteroatoms. The van der Waals surface area contributed by atoms with Crippen molar-refractivity contribution in [3.05, 3.63) is 115 Å². The third kappa shape index (κ3) is 4.98. The van der Waals surface area contributed by atoms with Crippen molar-refractivity contribution in [1.29, 1.82) is 5.26 Å². The lowest BCUT2D eigenvalue weighted by Gasteiger charge is -2.40. The second kappa shape index (κ2) is 11.0. The maximum Gasteiger partial charge on any atom is 0.161 e. The summed E-state index contributed by atoms with van der Waals surface area (Å²) >= 11 is 12.6. The van der Waals surface area contributed by atoms with Crippen molar-refractivity contribution in [3.63, 3.8) is 0 Å². The summed E-state index contributed by atoms with van der Waals surface area (Å²) in [7, 11) is 0. The number of nitrogens with zero attached hydrogens (tertiary/aromatic N) is 2. The van der Waals surface area contributed by atoms with Crippen LogP contribution in [0.15, 0.2) is 71.2 Å². The van der Waals surface area contributed by atoms with Gasteiger partial charge in [-0.05, 0) is 98.7 Å². The van der Waals surface area contributed by atoms with Crippen LogP contribution in [0.2, 0.25) is 10.0 Å². The average Bonchev–Trinajstić information content (AvgIpc) is 2.91. The van der Waals surface area contributed by atoms with E-state index in [0.29, 0.717) is 46.5 Å². The highest BCUT2D eigenvalue weighted by molar-refractivity contribution is 6.31. The van der Waals surface area contributed by atoms with Gasteiger partial charge in [-0.3, -0.25) is 9.69 Å². The van der Waals surface area contributed by atoms with Crippen LogP contribution in [0.3, 0.4) is 0 Å². The SMILES string of the molecule is Cc1cc(COc2ccc(Cl)cc2C)c(C)c(C2C(C#N)=C(N)N(c3ccc(C)c(Cl)c3)C3=C2C(=O)CCC3)c1. The van der Waals surface area contributed by atoms with Crippen molar-refractivity contribution >= 4 is 34.7 Å². The number of allylic oxidation sites excluding steroid dienone is 3. The summed E-state index contributed by atoms with van der Waals surface area (Å²) in [5.74, 6) is 0.577. The van der Waals surface area contributed by atoms with Gasteiger partial charge in [0.25, 0.3) is 0 Å². The van der Waals surface area contributed by atoms with Gasteiger partial charge in [-0.2, -0.15) is 5.26 Å².